The Balaban J connectivity index is 2.01. The molecule has 0 saturated heterocycles. The third-order valence-electron chi connectivity index (χ3n) is 5.32. The molecule has 4 atom stereocenters. The average Bonchev–Trinajstić information content (AvgIpc) is 3.14. The molecule has 4 heteroatoms. The molecule has 112 valence electrons. The number of nitriles is 1. The number of benzene rings is 1. The Morgan fingerprint density at radius 1 is 1.33 bits per heavy atom. The molecule has 1 aromatic rings. The van der Waals surface area contributed by atoms with Crippen molar-refractivity contribution in [3.63, 3.8) is 0 Å². The van der Waals surface area contributed by atoms with E-state index in [1.807, 2.05) is 0 Å². The smallest absolute Gasteiger partial charge is 0.124 e. The first-order chi connectivity index (χ1) is 10.1. The number of methoxy groups -OCH3 is 2. The third kappa shape index (κ3) is 2.08. The molecule has 3 rings (SSSR count). The highest BCUT2D eigenvalue weighted by Gasteiger charge is 2.56. The highest BCUT2D eigenvalue weighted by molar-refractivity contribution is 5.43. The summed E-state index contributed by atoms with van der Waals surface area (Å²) >= 11 is 0. The summed E-state index contributed by atoms with van der Waals surface area (Å²) in [6.07, 6.45) is 3.26. The SMILES string of the molecule is COc1ccc(OC)c(C(O)C2(C#N)CC3CCC2C3)c1. The van der Waals surface area contributed by atoms with E-state index < -0.39 is 11.5 Å². The molecule has 2 fully saturated rings. The second kappa shape index (κ2) is 5.23. The van der Waals surface area contributed by atoms with Crippen molar-refractivity contribution in [2.24, 2.45) is 17.3 Å². The Hall–Kier alpha value is -1.73. The molecule has 21 heavy (non-hydrogen) atoms. The zero-order valence-corrected chi connectivity index (χ0v) is 12.5. The predicted octanol–water partition coefficient (Wildman–Crippen LogP) is 3.07. The molecular weight excluding hydrogens is 266 g/mol. The number of nitrogens with zero attached hydrogens (tertiary/aromatic N) is 1. The van der Waals surface area contributed by atoms with Gasteiger partial charge in [-0.2, -0.15) is 5.26 Å². The van der Waals surface area contributed by atoms with Crippen LogP contribution >= 0.6 is 0 Å². The van der Waals surface area contributed by atoms with Crippen LogP contribution in [-0.4, -0.2) is 19.3 Å². The maximum atomic E-state index is 11.0. The Morgan fingerprint density at radius 3 is 2.67 bits per heavy atom. The van der Waals surface area contributed by atoms with Gasteiger partial charge in [-0.25, -0.2) is 0 Å². The molecule has 0 heterocycles. The van der Waals surface area contributed by atoms with Crippen LogP contribution in [0, 0.1) is 28.6 Å². The maximum Gasteiger partial charge on any atom is 0.124 e. The van der Waals surface area contributed by atoms with Gasteiger partial charge in [0.1, 0.15) is 17.6 Å². The van der Waals surface area contributed by atoms with Crippen LogP contribution in [0.4, 0.5) is 0 Å². The van der Waals surface area contributed by atoms with Crippen LogP contribution in [0.25, 0.3) is 0 Å². The summed E-state index contributed by atoms with van der Waals surface area (Å²) in [6, 6.07) is 7.82. The fourth-order valence-electron chi connectivity index (χ4n) is 4.24. The Bertz CT molecular complexity index is 580. The lowest BCUT2D eigenvalue weighted by Crippen LogP contribution is -2.33. The summed E-state index contributed by atoms with van der Waals surface area (Å²) in [6.45, 7) is 0. The van der Waals surface area contributed by atoms with Crippen molar-refractivity contribution in [3.8, 4) is 17.6 Å². The molecule has 2 saturated carbocycles. The van der Waals surface area contributed by atoms with Crippen LogP contribution < -0.4 is 9.47 Å². The molecule has 0 spiro atoms. The quantitative estimate of drug-likeness (QED) is 0.924. The first-order valence-electron chi connectivity index (χ1n) is 7.46. The highest BCUT2D eigenvalue weighted by atomic mass is 16.5. The Kier molecular flexibility index (Phi) is 3.54. The predicted molar refractivity (Wildman–Crippen MR) is 78.0 cm³/mol. The zero-order valence-electron chi connectivity index (χ0n) is 12.5. The summed E-state index contributed by atoms with van der Waals surface area (Å²) in [5.74, 6) is 2.15. The van der Waals surface area contributed by atoms with Gasteiger partial charge in [0.15, 0.2) is 0 Å². The van der Waals surface area contributed by atoms with Gasteiger partial charge in [-0.15, -0.1) is 0 Å². The van der Waals surface area contributed by atoms with Crippen LogP contribution in [0.3, 0.4) is 0 Å². The van der Waals surface area contributed by atoms with Crippen molar-refractivity contribution in [2.45, 2.75) is 31.8 Å². The van der Waals surface area contributed by atoms with E-state index in [4.69, 9.17) is 9.47 Å². The van der Waals surface area contributed by atoms with Gasteiger partial charge in [-0.1, -0.05) is 6.42 Å². The first kappa shape index (κ1) is 14.2. The fraction of sp³-hybridized carbons (Fsp3) is 0.588. The van der Waals surface area contributed by atoms with Crippen LogP contribution in [0.5, 0.6) is 11.5 Å². The van der Waals surface area contributed by atoms with Gasteiger partial charge in [0.05, 0.1) is 25.7 Å². The first-order valence-corrected chi connectivity index (χ1v) is 7.46. The van der Waals surface area contributed by atoms with Crippen LogP contribution in [-0.2, 0) is 0 Å². The lowest BCUT2D eigenvalue weighted by Gasteiger charge is -2.36. The van der Waals surface area contributed by atoms with E-state index in [9.17, 15) is 10.4 Å². The molecule has 0 aromatic heterocycles. The number of ether oxygens (including phenoxy) is 2. The summed E-state index contributed by atoms with van der Waals surface area (Å²) in [7, 11) is 3.17. The van der Waals surface area contributed by atoms with Crippen molar-refractivity contribution in [1.82, 2.24) is 0 Å². The monoisotopic (exact) mass is 287 g/mol. The number of rotatable bonds is 4. The van der Waals surface area contributed by atoms with E-state index in [0.29, 0.717) is 28.9 Å². The van der Waals surface area contributed by atoms with E-state index >= 15 is 0 Å². The van der Waals surface area contributed by atoms with Gasteiger partial charge in [0.25, 0.3) is 0 Å². The van der Waals surface area contributed by atoms with Gasteiger partial charge in [-0.3, -0.25) is 0 Å². The molecule has 4 nitrogen and oxygen atoms in total. The third-order valence-corrected chi connectivity index (χ3v) is 5.32. The van der Waals surface area contributed by atoms with Crippen LogP contribution in [0.15, 0.2) is 18.2 Å². The van der Waals surface area contributed by atoms with Crippen LogP contribution in [0.1, 0.15) is 37.4 Å². The standard InChI is InChI=1S/C17H21NO3/c1-20-13-5-6-15(21-2)14(8-13)16(19)17(10-18)9-11-3-4-12(17)7-11/h5-6,8,11-12,16,19H,3-4,7,9H2,1-2H3. The lowest BCUT2D eigenvalue weighted by atomic mass is 9.68. The lowest BCUT2D eigenvalue weighted by molar-refractivity contribution is 0.0216. The number of aliphatic hydroxyl groups is 1. The summed E-state index contributed by atoms with van der Waals surface area (Å²) < 4.78 is 10.6. The molecule has 2 bridgehead atoms. The molecule has 4 unspecified atom stereocenters. The average molecular weight is 287 g/mol. The Labute approximate surface area is 125 Å². The van der Waals surface area contributed by atoms with Gasteiger partial charge < -0.3 is 14.6 Å². The molecule has 2 aliphatic rings. The maximum absolute atomic E-state index is 11.0. The molecule has 0 amide bonds. The van der Waals surface area contributed by atoms with Crippen molar-refractivity contribution in [1.29, 1.82) is 5.26 Å². The fourth-order valence-corrected chi connectivity index (χ4v) is 4.24. The van der Waals surface area contributed by atoms with Crippen molar-refractivity contribution >= 4 is 0 Å². The Morgan fingerprint density at radius 2 is 2.14 bits per heavy atom. The molecule has 1 N–H and O–H groups in total. The number of aliphatic hydroxyl groups excluding tert-OH is 1. The minimum absolute atomic E-state index is 0.290. The van der Waals surface area contributed by atoms with Crippen molar-refractivity contribution in [3.05, 3.63) is 23.8 Å². The van der Waals surface area contributed by atoms with Gasteiger partial charge >= 0.3 is 0 Å². The highest BCUT2D eigenvalue weighted by Crippen LogP contribution is 2.61. The number of hydrogen-bond acceptors (Lipinski definition) is 4. The van der Waals surface area contributed by atoms with E-state index in [1.165, 1.54) is 6.42 Å². The van der Waals surface area contributed by atoms with Gasteiger partial charge in [0, 0.05) is 5.56 Å². The van der Waals surface area contributed by atoms with Gasteiger partial charge in [0.2, 0.25) is 0 Å². The van der Waals surface area contributed by atoms with Crippen LogP contribution in [0.2, 0.25) is 0 Å². The topological polar surface area (TPSA) is 62.5 Å². The number of hydrogen-bond donors (Lipinski definition) is 1. The zero-order chi connectivity index (χ0) is 15.0. The van der Waals surface area contributed by atoms with E-state index in [1.54, 1.807) is 32.4 Å². The molecular formula is C17H21NO3. The number of fused-ring (bicyclic) bond motifs is 2. The normalized spacial score (nSPS) is 31.7. The summed E-state index contributed by atoms with van der Waals surface area (Å²) in [5, 5.41) is 20.7. The summed E-state index contributed by atoms with van der Waals surface area (Å²) in [5.41, 5.74) is -0.0197. The summed E-state index contributed by atoms with van der Waals surface area (Å²) in [4.78, 5) is 0. The second-order valence-electron chi connectivity index (χ2n) is 6.24. The molecule has 0 aliphatic heterocycles. The van der Waals surface area contributed by atoms with Gasteiger partial charge in [-0.05, 0) is 49.3 Å². The molecule has 2 aliphatic carbocycles. The minimum Gasteiger partial charge on any atom is -0.497 e. The minimum atomic E-state index is -0.831. The largest absolute Gasteiger partial charge is 0.497 e. The second-order valence-corrected chi connectivity index (χ2v) is 6.24. The van der Waals surface area contributed by atoms with E-state index in [-0.39, 0.29) is 0 Å². The van der Waals surface area contributed by atoms with E-state index in [0.717, 1.165) is 19.3 Å². The van der Waals surface area contributed by atoms with Crippen molar-refractivity contribution in [2.75, 3.05) is 14.2 Å². The van der Waals surface area contributed by atoms with E-state index in [2.05, 4.69) is 6.07 Å². The molecule has 1 aromatic carbocycles. The van der Waals surface area contributed by atoms with Crippen molar-refractivity contribution < 1.29 is 14.6 Å². The molecule has 0 radical (unpaired) electrons.